The molecule has 88 valence electrons. The topological polar surface area (TPSA) is 67.4 Å². The van der Waals surface area contributed by atoms with Crippen molar-refractivity contribution in [1.82, 2.24) is 10.6 Å². The van der Waals surface area contributed by atoms with Crippen LogP contribution in [0, 0.1) is 0 Å². The zero-order valence-corrected chi connectivity index (χ0v) is 9.63. The van der Waals surface area contributed by atoms with Crippen LogP contribution in [0.15, 0.2) is 0 Å². The summed E-state index contributed by atoms with van der Waals surface area (Å²) in [6, 6.07) is 0.168. The van der Waals surface area contributed by atoms with Crippen LogP contribution in [0.2, 0.25) is 0 Å². The SMILES string of the molecule is CCOC(=O)CNCC(=O)NC(C)CC. The van der Waals surface area contributed by atoms with Crippen molar-refractivity contribution in [2.45, 2.75) is 33.2 Å². The minimum atomic E-state index is -0.339. The highest BCUT2D eigenvalue weighted by Crippen LogP contribution is 1.86. The van der Waals surface area contributed by atoms with Gasteiger partial charge in [-0.1, -0.05) is 6.92 Å². The predicted molar refractivity (Wildman–Crippen MR) is 57.4 cm³/mol. The minimum Gasteiger partial charge on any atom is -0.465 e. The van der Waals surface area contributed by atoms with Gasteiger partial charge < -0.3 is 10.1 Å². The van der Waals surface area contributed by atoms with E-state index in [2.05, 4.69) is 10.6 Å². The molecule has 0 saturated carbocycles. The van der Waals surface area contributed by atoms with E-state index in [1.807, 2.05) is 13.8 Å². The van der Waals surface area contributed by atoms with Crippen molar-refractivity contribution in [2.75, 3.05) is 19.7 Å². The molecule has 0 spiro atoms. The first-order chi connectivity index (χ1) is 7.10. The minimum absolute atomic E-state index is 0.0712. The van der Waals surface area contributed by atoms with Gasteiger partial charge in [-0.25, -0.2) is 0 Å². The largest absolute Gasteiger partial charge is 0.465 e. The first-order valence-electron chi connectivity index (χ1n) is 5.25. The van der Waals surface area contributed by atoms with E-state index in [0.717, 1.165) is 6.42 Å². The van der Waals surface area contributed by atoms with E-state index in [1.54, 1.807) is 6.92 Å². The van der Waals surface area contributed by atoms with E-state index in [0.29, 0.717) is 6.61 Å². The number of hydrogen-bond acceptors (Lipinski definition) is 4. The van der Waals surface area contributed by atoms with Gasteiger partial charge in [-0.05, 0) is 20.3 Å². The van der Waals surface area contributed by atoms with Crippen LogP contribution in [0.3, 0.4) is 0 Å². The molecule has 1 unspecified atom stereocenters. The fraction of sp³-hybridized carbons (Fsp3) is 0.800. The van der Waals surface area contributed by atoms with Crippen molar-refractivity contribution in [3.05, 3.63) is 0 Å². The fourth-order valence-electron chi connectivity index (χ4n) is 0.918. The molecule has 1 amide bonds. The van der Waals surface area contributed by atoms with Crippen molar-refractivity contribution in [2.24, 2.45) is 0 Å². The molecule has 0 aromatic heterocycles. The van der Waals surface area contributed by atoms with Crippen LogP contribution < -0.4 is 10.6 Å². The lowest BCUT2D eigenvalue weighted by Crippen LogP contribution is -2.40. The Morgan fingerprint density at radius 3 is 2.47 bits per heavy atom. The molecule has 0 bridgehead atoms. The van der Waals surface area contributed by atoms with Gasteiger partial charge in [0.05, 0.1) is 19.7 Å². The van der Waals surface area contributed by atoms with Gasteiger partial charge in [0.25, 0.3) is 0 Å². The number of hydrogen-bond donors (Lipinski definition) is 2. The average Bonchev–Trinajstić information content (AvgIpc) is 2.18. The third kappa shape index (κ3) is 7.93. The molecule has 0 aromatic rings. The van der Waals surface area contributed by atoms with E-state index < -0.39 is 0 Å². The van der Waals surface area contributed by atoms with Crippen LogP contribution in [-0.4, -0.2) is 37.6 Å². The second-order valence-electron chi connectivity index (χ2n) is 3.29. The summed E-state index contributed by atoms with van der Waals surface area (Å²) in [4.78, 5) is 22.1. The maximum absolute atomic E-state index is 11.2. The lowest BCUT2D eigenvalue weighted by molar-refractivity contribution is -0.142. The first-order valence-corrected chi connectivity index (χ1v) is 5.25. The Morgan fingerprint density at radius 1 is 1.27 bits per heavy atom. The van der Waals surface area contributed by atoms with Gasteiger partial charge in [-0.15, -0.1) is 0 Å². The highest BCUT2D eigenvalue weighted by atomic mass is 16.5. The van der Waals surface area contributed by atoms with E-state index in [4.69, 9.17) is 4.74 Å². The summed E-state index contributed by atoms with van der Waals surface area (Å²) in [7, 11) is 0. The van der Waals surface area contributed by atoms with E-state index >= 15 is 0 Å². The zero-order chi connectivity index (χ0) is 11.7. The van der Waals surface area contributed by atoms with E-state index in [9.17, 15) is 9.59 Å². The molecule has 0 fully saturated rings. The molecule has 0 saturated heterocycles. The monoisotopic (exact) mass is 216 g/mol. The van der Waals surface area contributed by atoms with Crippen molar-refractivity contribution in [1.29, 1.82) is 0 Å². The normalized spacial score (nSPS) is 11.9. The molecule has 0 aliphatic carbocycles. The van der Waals surface area contributed by atoms with Crippen molar-refractivity contribution < 1.29 is 14.3 Å². The van der Waals surface area contributed by atoms with Gasteiger partial charge in [-0.3, -0.25) is 14.9 Å². The second-order valence-corrected chi connectivity index (χ2v) is 3.29. The summed E-state index contributed by atoms with van der Waals surface area (Å²) in [5.74, 6) is -0.442. The third-order valence-corrected chi connectivity index (χ3v) is 1.88. The van der Waals surface area contributed by atoms with Crippen LogP contribution in [0.4, 0.5) is 0 Å². The van der Waals surface area contributed by atoms with Gasteiger partial charge in [-0.2, -0.15) is 0 Å². The smallest absolute Gasteiger partial charge is 0.319 e. The summed E-state index contributed by atoms with van der Waals surface area (Å²) < 4.78 is 4.69. The van der Waals surface area contributed by atoms with Crippen molar-refractivity contribution in [3.63, 3.8) is 0 Å². The van der Waals surface area contributed by atoms with Gasteiger partial charge >= 0.3 is 5.97 Å². The molecule has 15 heavy (non-hydrogen) atoms. The fourth-order valence-corrected chi connectivity index (χ4v) is 0.918. The number of esters is 1. The number of rotatable bonds is 7. The summed E-state index contributed by atoms with van der Waals surface area (Å²) in [6.45, 7) is 6.25. The summed E-state index contributed by atoms with van der Waals surface area (Å²) >= 11 is 0. The zero-order valence-electron chi connectivity index (χ0n) is 9.63. The van der Waals surface area contributed by atoms with E-state index in [-0.39, 0.29) is 31.0 Å². The Labute approximate surface area is 90.6 Å². The molecule has 1 atom stereocenters. The Bertz CT molecular complexity index is 207. The van der Waals surface area contributed by atoms with Crippen molar-refractivity contribution in [3.8, 4) is 0 Å². The highest BCUT2D eigenvalue weighted by Gasteiger charge is 2.06. The van der Waals surface area contributed by atoms with Crippen LogP contribution in [0.25, 0.3) is 0 Å². The Balaban J connectivity index is 3.50. The Hall–Kier alpha value is -1.10. The molecular formula is C10H20N2O3. The van der Waals surface area contributed by atoms with Crippen LogP contribution >= 0.6 is 0 Å². The summed E-state index contributed by atoms with van der Waals surface area (Å²) in [6.07, 6.45) is 0.892. The van der Waals surface area contributed by atoms with Gasteiger partial charge in [0.15, 0.2) is 0 Å². The Morgan fingerprint density at radius 2 is 1.93 bits per heavy atom. The average molecular weight is 216 g/mol. The standard InChI is InChI=1S/C10H20N2O3/c1-4-8(3)12-9(13)6-11-7-10(14)15-5-2/h8,11H,4-7H2,1-3H3,(H,12,13). The maximum atomic E-state index is 11.2. The molecule has 0 aliphatic heterocycles. The number of amides is 1. The molecule has 0 aromatic carbocycles. The summed E-state index contributed by atoms with van der Waals surface area (Å²) in [5.41, 5.74) is 0. The highest BCUT2D eigenvalue weighted by molar-refractivity contribution is 5.79. The maximum Gasteiger partial charge on any atom is 0.319 e. The van der Waals surface area contributed by atoms with Gasteiger partial charge in [0.1, 0.15) is 0 Å². The first kappa shape index (κ1) is 13.9. The lowest BCUT2D eigenvalue weighted by atomic mass is 10.2. The molecular weight excluding hydrogens is 196 g/mol. The molecule has 0 rings (SSSR count). The van der Waals surface area contributed by atoms with E-state index in [1.165, 1.54) is 0 Å². The third-order valence-electron chi connectivity index (χ3n) is 1.88. The molecule has 5 heteroatoms. The predicted octanol–water partition coefficient (Wildman–Crippen LogP) is 0.0538. The number of ether oxygens (including phenoxy) is 1. The molecule has 5 nitrogen and oxygen atoms in total. The molecule has 2 N–H and O–H groups in total. The van der Waals surface area contributed by atoms with Gasteiger partial charge in [0, 0.05) is 6.04 Å². The molecule has 0 radical (unpaired) electrons. The second kappa shape index (κ2) is 8.23. The van der Waals surface area contributed by atoms with Gasteiger partial charge in [0.2, 0.25) is 5.91 Å². The lowest BCUT2D eigenvalue weighted by Gasteiger charge is -2.11. The quantitative estimate of drug-likeness (QED) is 0.590. The van der Waals surface area contributed by atoms with Crippen LogP contribution in [0.1, 0.15) is 27.2 Å². The number of nitrogens with one attached hydrogen (secondary N) is 2. The Kier molecular flexibility index (Phi) is 7.62. The number of carbonyl (C=O) groups excluding carboxylic acids is 2. The molecule has 0 aliphatic rings. The number of carbonyl (C=O) groups is 2. The van der Waals surface area contributed by atoms with Crippen molar-refractivity contribution >= 4 is 11.9 Å². The van der Waals surface area contributed by atoms with Crippen LogP contribution in [0.5, 0.6) is 0 Å². The van der Waals surface area contributed by atoms with Crippen LogP contribution in [-0.2, 0) is 14.3 Å². The summed E-state index contributed by atoms with van der Waals surface area (Å²) in [5, 5.41) is 5.49. The molecule has 0 heterocycles.